The van der Waals surface area contributed by atoms with Gasteiger partial charge in [-0.05, 0) is 68.3 Å². The van der Waals surface area contributed by atoms with E-state index < -0.39 is 6.10 Å². The number of aliphatic hydroxyl groups excluding tert-OH is 1. The molecule has 0 amide bonds. The minimum atomic E-state index is -0.454. The maximum absolute atomic E-state index is 9.99. The van der Waals surface area contributed by atoms with Gasteiger partial charge in [0.25, 0.3) is 0 Å². The molecule has 1 fully saturated rings. The summed E-state index contributed by atoms with van der Waals surface area (Å²) in [5.74, 6) is 2.50. The van der Waals surface area contributed by atoms with Crippen molar-refractivity contribution in [1.29, 1.82) is 0 Å². The topological polar surface area (TPSA) is 41.5 Å². The zero-order valence-corrected chi connectivity index (χ0v) is 13.6. The molecule has 0 heterocycles. The summed E-state index contributed by atoms with van der Waals surface area (Å²) in [7, 11) is 0. The van der Waals surface area contributed by atoms with Crippen LogP contribution in [0.15, 0.2) is 18.2 Å². The van der Waals surface area contributed by atoms with E-state index in [-0.39, 0.29) is 0 Å². The molecule has 2 N–H and O–H groups in total. The number of aryl methyl sites for hydroxylation is 2. The maximum atomic E-state index is 9.99. The van der Waals surface area contributed by atoms with Crippen molar-refractivity contribution in [2.45, 2.75) is 46.1 Å². The van der Waals surface area contributed by atoms with Crippen molar-refractivity contribution in [3.63, 3.8) is 0 Å². The fourth-order valence-corrected chi connectivity index (χ4v) is 3.23. The molecule has 3 atom stereocenters. The summed E-state index contributed by atoms with van der Waals surface area (Å²) in [4.78, 5) is 0. The van der Waals surface area contributed by atoms with Crippen LogP contribution in [0.3, 0.4) is 0 Å². The second-order valence-electron chi connectivity index (χ2n) is 6.73. The molecule has 0 radical (unpaired) electrons. The molecule has 1 aromatic carbocycles. The fraction of sp³-hybridized carbons (Fsp3) is 0.667. The summed E-state index contributed by atoms with van der Waals surface area (Å²) in [5.41, 5.74) is 2.38. The third-order valence-electron chi connectivity index (χ3n) is 4.25. The van der Waals surface area contributed by atoms with Gasteiger partial charge in [-0.1, -0.05) is 19.4 Å². The highest BCUT2D eigenvalue weighted by Crippen LogP contribution is 2.29. The predicted molar refractivity (Wildman–Crippen MR) is 86.8 cm³/mol. The summed E-state index contributed by atoms with van der Waals surface area (Å²) in [6.45, 7) is 8.41. The Balaban J connectivity index is 1.64. The van der Waals surface area contributed by atoms with E-state index >= 15 is 0 Å². The number of ether oxygens (including phenoxy) is 1. The highest BCUT2D eigenvalue weighted by Gasteiger charge is 2.20. The number of hydrogen-bond acceptors (Lipinski definition) is 3. The number of hydrogen-bond donors (Lipinski definition) is 2. The summed E-state index contributed by atoms with van der Waals surface area (Å²) in [6, 6.07) is 6.13. The molecule has 0 spiro atoms. The first-order valence-corrected chi connectivity index (χ1v) is 8.13. The SMILES string of the molecule is Cc1cc(C)cc(OCC(O)CNCC2CCC(C)C2)c1. The molecule has 3 unspecified atom stereocenters. The second-order valence-corrected chi connectivity index (χ2v) is 6.73. The minimum absolute atomic E-state index is 0.344. The van der Waals surface area contributed by atoms with Gasteiger partial charge < -0.3 is 15.2 Å². The lowest BCUT2D eigenvalue weighted by Gasteiger charge is -2.16. The summed E-state index contributed by atoms with van der Waals surface area (Å²) >= 11 is 0. The molecule has 0 saturated heterocycles. The van der Waals surface area contributed by atoms with Crippen LogP contribution in [0.1, 0.15) is 37.3 Å². The lowest BCUT2D eigenvalue weighted by molar-refractivity contribution is 0.105. The molecule has 3 heteroatoms. The molecule has 1 saturated carbocycles. The Bertz CT molecular complexity index is 427. The van der Waals surface area contributed by atoms with Crippen LogP contribution in [0.5, 0.6) is 5.75 Å². The minimum Gasteiger partial charge on any atom is -0.491 e. The first kappa shape index (κ1) is 16.3. The molecule has 0 bridgehead atoms. The molecule has 1 aliphatic carbocycles. The Morgan fingerprint density at radius 3 is 2.57 bits per heavy atom. The number of rotatable bonds is 7. The van der Waals surface area contributed by atoms with Gasteiger partial charge in [-0.15, -0.1) is 0 Å². The van der Waals surface area contributed by atoms with Crippen LogP contribution in [0.2, 0.25) is 0 Å². The molecular weight excluding hydrogens is 262 g/mol. The van der Waals surface area contributed by atoms with Crippen LogP contribution in [-0.4, -0.2) is 30.9 Å². The zero-order chi connectivity index (χ0) is 15.2. The Hall–Kier alpha value is -1.06. The summed E-state index contributed by atoms with van der Waals surface area (Å²) < 4.78 is 5.68. The van der Waals surface area contributed by atoms with E-state index in [9.17, 15) is 5.11 Å². The molecule has 1 aliphatic rings. The van der Waals surface area contributed by atoms with Crippen molar-refractivity contribution >= 4 is 0 Å². The average Bonchev–Trinajstić information content (AvgIpc) is 2.81. The van der Waals surface area contributed by atoms with E-state index in [0.717, 1.165) is 24.1 Å². The molecule has 118 valence electrons. The van der Waals surface area contributed by atoms with Gasteiger partial charge in [0.2, 0.25) is 0 Å². The summed E-state index contributed by atoms with van der Waals surface area (Å²) in [5, 5.41) is 13.4. The van der Waals surface area contributed by atoms with Gasteiger partial charge in [0.1, 0.15) is 18.5 Å². The molecule has 0 aliphatic heterocycles. The van der Waals surface area contributed by atoms with Crippen LogP contribution >= 0.6 is 0 Å². The smallest absolute Gasteiger partial charge is 0.119 e. The van der Waals surface area contributed by atoms with Crippen molar-refractivity contribution in [2.75, 3.05) is 19.7 Å². The van der Waals surface area contributed by atoms with Crippen molar-refractivity contribution < 1.29 is 9.84 Å². The van der Waals surface area contributed by atoms with E-state index in [1.165, 1.54) is 30.4 Å². The second kappa shape index (κ2) is 7.81. The van der Waals surface area contributed by atoms with E-state index in [1.54, 1.807) is 0 Å². The number of aliphatic hydroxyl groups is 1. The highest BCUT2D eigenvalue weighted by molar-refractivity contribution is 5.32. The van der Waals surface area contributed by atoms with Gasteiger partial charge in [-0.3, -0.25) is 0 Å². The fourth-order valence-electron chi connectivity index (χ4n) is 3.23. The highest BCUT2D eigenvalue weighted by atomic mass is 16.5. The quantitative estimate of drug-likeness (QED) is 0.811. The van der Waals surface area contributed by atoms with Gasteiger partial charge >= 0.3 is 0 Å². The van der Waals surface area contributed by atoms with Crippen LogP contribution in [-0.2, 0) is 0 Å². The van der Waals surface area contributed by atoms with Gasteiger partial charge in [0.05, 0.1) is 0 Å². The maximum Gasteiger partial charge on any atom is 0.119 e. The van der Waals surface area contributed by atoms with E-state index in [0.29, 0.717) is 13.2 Å². The third kappa shape index (κ3) is 5.68. The van der Waals surface area contributed by atoms with Crippen molar-refractivity contribution in [3.8, 4) is 5.75 Å². The van der Waals surface area contributed by atoms with Crippen LogP contribution < -0.4 is 10.1 Å². The monoisotopic (exact) mass is 291 g/mol. The van der Waals surface area contributed by atoms with Gasteiger partial charge in [-0.2, -0.15) is 0 Å². The molecule has 3 nitrogen and oxygen atoms in total. The van der Waals surface area contributed by atoms with Gasteiger partial charge in [0.15, 0.2) is 0 Å². The van der Waals surface area contributed by atoms with Crippen LogP contribution in [0.4, 0.5) is 0 Å². The molecule has 1 aromatic rings. The van der Waals surface area contributed by atoms with Crippen molar-refractivity contribution in [3.05, 3.63) is 29.3 Å². The number of nitrogens with one attached hydrogen (secondary N) is 1. The normalized spacial score (nSPS) is 23.2. The standard InChI is InChI=1S/C18H29NO2/c1-13-4-5-16(7-13)10-19-11-17(20)12-21-18-8-14(2)6-15(3)9-18/h6,8-9,13,16-17,19-20H,4-5,7,10-12H2,1-3H3. The first-order chi connectivity index (χ1) is 10.0. The Morgan fingerprint density at radius 2 is 1.95 bits per heavy atom. The largest absolute Gasteiger partial charge is 0.491 e. The van der Waals surface area contributed by atoms with E-state index in [4.69, 9.17) is 4.74 Å². The number of benzene rings is 1. The van der Waals surface area contributed by atoms with E-state index in [2.05, 4.69) is 32.2 Å². The lowest BCUT2D eigenvalue weighted by atomic mass is 10.1. The molecule has 2 rings (SSSR count). The van der Waals surface area contributed by atoms with Crippen LogP contribution in [0, 0.1) is 25.7 Å². The average molecular weight is 291 g/mol. The zero-order valence-electron chi connectivity index (χ0n) is 13.6. The van der Waals surface area contributed by atoms with Crippen LogP contribution in [0.25, 0.3) is 0 Å². The van der Waals surface area contributed by atoms with Gasteiger partial charge in [0, 0.05) is 6.54 Å². The van der Waals surface area contributed by atoms with Crippen molar-refractivity contribution in [1.82, 2.24) is 5.32 Å². The Labute approximate surface area is 128 Å². The Kier molecular flexibility index (Phi) is 6.07. The van der Waals surface area contributed by atoms with Gasteiger partial charge in [-0.25, -0.2) is 0 Å². The summed E-state index contributed by atoms with van der Waals surface area (Å²) in [6.07, 6.45) is 3.54. The predicted octanol–water partition coefficient (Wildman–Crippen LogP) is 3.07. The Morgan fingerprint density at radius 1 is 1.24 bits per heavy atom. The van der Waals surface area contributed by atoms with E-state index in [1.807, 2.05) is 12.1 Å². The molecule has 0 aromatic heterocycles. The van der Waals surface area contributed by atoms with Crippen molar-refractivity contribution in [2.24, 2.45) is 11.8 Å². The molecule has 21 heavy (non-hydrogen) atoms. The molecular formula is C18H29NO2. The first-order valence-electron chi connectivity index (χ1n) is 8.13. The third-order valence-corrected chi connectivity index (χ3v) is 4.25. The lowest BCUT2D eigenvalue weighted by Crippen LogP contribution is -2.33.